The molecule has 0 saturated heterocycles. The van der Waals surface area contributed by atoms with E-state index in [4.69, 9.17) is 4.74 Å². The van der Waals surface area contributed by atoms with Gasteiger partial charge in [-0.05, 0) is 32.6 Å². The fraction of sp³-hybridized carbons (Fsp3) is 0.944. The van der Waals surface area contributed by atoms with Gasteiger partial charge < -0.3 is 9.64 Å². The third-order valence-corrected chi connectivity index (χ3v) is 3.61. The summed E-state index contributed by atoms with van der Waals surface area (Å²) in [5, 5.41) is 0. The van der Waals surface area contributed by atoms with E-state index in [-0.39, 0.29) is 12.2 Å². The number of hydrogen-bond donors (Lipinski definition) is 0. The van der Waals surface area contributed by atoms with Crippen molar-refractivity contribution in [2.24, 2.45) is 5.92 Å². The highest BCUT2D eigenvalue weighted by molar-refractivity contribution is 5.68. The molecular weight excluding hydrogens is 262 g/mol. The van der Waals surface area contributed by atoms with Crippen LogP contribution in [0, 0.1) is 5.92 Å². The van der Waals surface area contributed by atoms with Crippen molar-refractivity contribution in [1.82, 2.24) is 4.90 Å². The lowest BCUT2D eigenvalue weighted by molar-refractivity contribution is 0.0546. The van der Waals surface area contributed by atoms with Crippen molar-refractivity contribution in [3.8, 4) is 0 Å². The van der Waals surface area contributed by atoms with Gasteiger partial charge in [-0.1, -0.05) is 59.8 Å². The van der Waals surface area contributed by atoms with Crippen LogP contribution in [-0.2, 0) is 4.74 Å². The van der Waals surface area contributed by atoms with Gasteiger partial charge >= 0.3 is 6.09 Å². The van der Waals surface area contributed by atoms with Crippen LogP contribution in [0.1, 0.15) is 86.5 Å². The number of hydrogen-bond acceptors (Lipinski definition) is 2. The quantitative estimate of drug-likeness (QED) is 0.463. The lowest BCUT2D eigenvalue weighted by Crippen LogP contribution is -2.43. The number of carbonyl (C=O) groups excluding carboxylic acids is 1. The summed E-state index contributed by atoms with van der Waals surface area (Å²) in [7, 11) is 0. The van der Waals surface area contributed by atoms with E-state index in [0.29, 0.717) is 12.0 Å². The molecule has 0 fully saturated rings. The van der Waals surface area contributed by atoms with E-state index in [9.17, 15) is 4.79 Å². The van der Waals surface area contributed by atoms with E-state index in [2.05, 4.69) is 27.7 Å². The highest BCUT2D eigenvalue weighted by atomic mass is 16.6. The fourth-order valence-corrected chi connectivity index (χ4v) is 2.56. The van der Waals surface area contributed by atoms with E-state index in [1.165, 1.54) is 32.1 Å². The number of nitrogens with zero attached hydrogens (tertiary/aromatic N) is 1. The summed E-state index contributed by atoms with van der Waals surface area (Å²) in [6.45, 7) is 13.4. The average molecular weight is 299 g/mol. The van der Waals surface area contributed by atoms with Gasteiger partial charge in [-0.15, -0.1) is 0 Å². The van der Waals surface area contributed by atoms with Crippen molar-refractivity contribution >= 4 is 6.09 Å². The summed E-state index contributed by atoms with van der Waals surface area (Å²) in [6, 6.07) is 0.338. The van der Waals surface area contributed by atoms with Crippen LogP contribution in [0.3, 0.4) is 0 Å². The van der Waals surface area contributed by atoms with E-state index in [1.807, 2.05) is 18.7 Å². The van der Waals surface area contributed by atoms with Gasteiger partial charge in [0.05, 0.1) is 6.10 Å². The normalized spacial score (nSPS) is 12.8. The minimum atomic E-state index is -0.128. The average Bonchev–Trinajstić information content (AvgIpc) is 2.39. The van der Waals surface area contributed by atoms with Gasteiger partial charge in [-0.25, -0.2) is 4.79 Å². The molecule has 0 aromatic carbocycles. The molecule has 0 heterocycles. The maximum atomic E-state index is 12.4. The lowest BCUT2D eigenvalue weighted by atomic mass is 10.0. The minimum Gasteiger partial charge on any atom is -0.447 e. The molecule has 3 nitrogen and oxygen atoms in total. The van der Waals surface area contributed by atoms with Gasteiger partial charge in [-0.2, -0.15) is 0 Å². The van der Waals surface area contributed by atoms with Crippen molar-refractivity contribution in [3.63, 3.8) is 0 Å². The molecule has 0 rings (SSSR count). The summed E-state index contributed by atoms with van der Waals surface area (Å²) in [4.78, 5) is 14.4. The molecule has 0 radical (unpaired) electrons. The monoisotopic (exact) mass is 299 g/mol. The van der Waals surface area contributed by atoms with Crippen molar-refractivity contribution in [3.05, 3.63) is 0 Å². The molecule has 0 saturated carbocycles. The van der Waals surface area contributed by atoms with Gasteiger partial charge in [0.25, 0.3) is 0 Å². The first-order valence-electron chi connectivity index (χ1n) is 8.89. The zero-order chi connectivity index (χ0) is 16.3. The van der Waals surface area contributed by atoms with Gasteiger partial charge in [0.1, 0.15) is 0 Å². The Morgan fingerprint density at radius 2 is 1.52 bits per heavy atom. The molecule has 0 aromatic rings. The van der Waals surface area contributed by atoms with Gasteiger partial charge in [-0.3, -0.25) is 0 Å². The second kappa shape index (κ2) is 11.9. The van der Waals surface area contributed by atoms with Crippen molar-refractivity contribution in [2.45, 2.75) is 98.6 Å². The Balaban J connectivity index is 4.82. The van der Waals surface area contributed by atoms with Crippen LogP contribution in [0.5, 0.6) is 0 Å². The Morgan fingerprint density at radius 1 is 0.952 bits per heavy atom. The van der Waals surface area contributed by atoms with Crippen LogP contribution >= 0.6 is 0 Å². The summed E-state index contributed by atoms with van der Waals surface area (Å²) in [5.74, 6) is 0.472. The van der Waals surface area contributed by atoms with Crippen LogP contribution in [0.4, 0.5) is 4.79 Å². The largest absolute Gasteiger partial charge is 0.447 e. The third kappa shape index (κ3) is 9.76. The van der Waals surface area contributed by atoms with Crippen LogP contribution in [0.2, 0.25) is 0 Å². The molecule has 0 aromatic heterocycles. The van der Waals surface area contributed by atoms with E-state index in [0.717, 1.165) is 19.4 Å². The van der Waals surface area contributed by atoms with Crippen molar-refractivity contribution < 1.29 is 9.53 Å². The van der Waals surface area contributed by atoms with Crippen molar-refractivity contribution in [1.29, 1.82) is 0 Å². The van der Waals surface area contributed by atoms with E-state index in [1.54, 1.807) is 0 Å². The lowest BCUT2D eigenvalue weighted by Gasteiger charge is -2.33. The first-order chi connectivity index (χ1) is 9.92. The molecule has 1 atom stereocenters. The Morgan fingerprint density at radius 3 is 2.00 bits per heavy atom. The molecular formula is C18H37NO2. The Bertz CT molecular complexity index is 264. The molecule has 0 aliphatic heterocycles. The molecule has 126 valence electrons. The SMILES string of the molecule is CCCCCC(CCCC)N(CC(C)C)C(=O)OC(C)C. The third-order valence-electron chi connectivity index (χ3n) is 3.61. The highest BCUT2D eigenvalue weighted by Crippen LogP contribution is 2.19. The summed E-state index contributed by atoms with van der Waals surface area (Å²) in [5.41, 5.74) is 0. The predicted molar refractivity (Wildman–Crippen MR) is 90.6 cm³/mol. The molecule has 0 aliphatic carbocycles. The molecule has 0 aliphatic rings. The Labute approximate surface area is 132 Å². The highest BCUT2D eigenvalue weighted by Gasteiger charge is 2.25. The van der Waals surface area contributed by atoms with Crippen molar-refractivity contribution in [2.75, 3.05) is 6.54 Å². The standard InChI is InChI=1S/C18H37NO2/c1-7-9-11-13-17(12-10-8-2)19(14-15(3)4)18(20)21-16(5)6/h15-17H,7-14H2,1-6H3. The molecule has 0 spiro atoms. The molecule has 3 heteroatoms. The predicted octanol–water partition coefficient (Wildman–Crippen LogP) is 5.63. The first kappa shape index (κ1) is 20.3. The van der Waals surface area contributed by atoms with Crippen LogP contribution in [-0.4, -0.2) is 29.7 Å². The van der Waals surface area contributed by atoms with Gasteiger partial charge in [0.15, 0.2) is 0 Å². The first-order valence-corrected chi connectivity index (χ1v) is 8.89. The number of amides is 1. The topological polar surface area (TPSA) is 29.5 Å². The second-order valence-electron chi connectivity index (χ2n) is 6.77. The second-order valence-corrected chi connectivity index (χ2v) is 6.77. The minimum absolute atomic E-state index is 0.0466. The zero-order valence-corrected chi connectivity index (χ0v) is 15.2. The number of carbonyl (C=O) groups is 1. The van der Waals surface area contributed by atoms with Gasteiger partial charge in [0.2, 0.25) is 0 Å². The van der Waals surface area contributed by atoms with E-state index < -0.39 is 0 Å². The molecule has 0 bridgehead atoms. The fourth-order valence-electron chi connectivity index (χ4n) is 2.56. The molecule has 1 amide bonds. The maximum absolute atomic E-state index is 12.4. The number of unbranched alkanes of at least 4 members (excludes halogenated alkanes) is 3. The van der Waals surface area contributed by atoms with E-state index >= 15 is 0 Å². The summed E-state index contributed by atoms with van der Waals surface area (Å²) >= 11 is 0. The smallest absolute Gasteiger partial charge is 0.410 e. The molecule has 21 heavy (non-hydrogen) atoms. The van der Waals surface area contributed by atoms with Gasteiger partial charge in [0, 0.05) is 12.6 Å². The number of ether oxygens (including phenoxy) is 1. The van der Waals surface area contributed by atoms with Crippen LogP contribution in [0.15, 0.2) is 0 Å². The summed E-state index contributed by atoms with van der Waals surface area (Å²) in [6.07, 6.45) is 8.06. The Kier molecular flexibility index (Phi) is 11.5. The van der Waals surface area contributed by atoms with Crippen LogP contribution < -0.4 is 0 Å². The number of rotatable bonds is 11. The molecule has 0 N–H and O–H groups in total. The summed E-state index contributed by atoms with van der Waals surface area (Å²) < 4.78 is 5.47. The Hall–Kier alpha value is -0.730. The molecule has 1 unspecified atom stereocenters. The zero-order valence-electron chi connectivity index (χ0n) is 15.2. The maximum Gasteiger partial charge on any atom is 0.410 e. The van der Waals surface area contributed by atoms with Crippen LogP contribution in [0.25, 0.3) is 0 Å².